The molecule has 1 aliphatic rings. The number of benzene rings is 1. The van der Waals surface area contributed by atoms with E-state index in [1.807, 2.05) is 0 Å². The molecule has 94 valence electrons. The molecule has 4 nitrogen and oxygen atoms in total. The van der Waals surface area contributed by atoms with Gasteiger partial charge in [0.15, 0.2) is 0 Å². The number of anilines is 1. The first-order chi connectivity index (χ1) is 8.11. The topological polar surface area (TPSA) is 66.4 Å². The fourth-order valence-corrected chi connectivity index (χ4v) is 2.98. The average Bonchev–Trinajstić information content (AvgIpc) is 3.11. The normalized spacial score (nSPS) is 15.8. The molecule has 0 bridgehead atoms. The first-order valence-electron chi connectivity index (χ1n) is 5.80. The average molecular weight is 255 g/mol. The summed E-state index contributed by atoms with van der Waals surface area (Å²) >= 11 is 0. The lowest BCUT2D eigenvalue weighted by Gasteiger charge is -2.10. The minimum atomic E-state index is -3.28. The second-order valence-corrected chi connectivity index (χ2v) is 6.31. The largest absolute Gasteiger partial charge is 0.392 e. The predicted octanol–water partition coefficient (Wildman–Crippen LogP) is 1.72. The molecular formula is C12H17NO3S. The van der Waals surface area contributed by atoms with Crippen LogP contribution in [0.4, 0.5) is 5.69 Å². The van der Waals surface area contributed by atoms with E-state index in [0.717, 1.165) is 19.3 Å². The molecule has 1 aromatic rings. The van der Waals surface area contributed by atoms with Crippen molar-refractivity contribution in [2.75, 3.05) is 10.5 Å². The Hall–Kier alpha value is -1.07. The number of rotatable bonds is 6. The van der Waals surface area contributed by atoms with E-state index in [1.54, 1.807) is 24.3 Å². The standard InChI is InChI=1S/C12H17NO3S/c14-9-11-3-1-2-4-12(11)13-17(15,16)8-7-10-5-6-10/h1-4,10,13-14H,5-9H2. The highest BCUT2D eigenvalue weighted by atomic mass is 32.2. The molecule has 1 fully saturated rings. The zero-order valence-corrected chi connectivity index (χ0v) is 10.4. The fraction of sp³-hybridized carbons (Fsp3) is 0.500. The van der Waals surface area contributed by atoms with Gasteiger partial charge < -0.3 is 5.11 Å². The van der Waals surface area contributed by atoms with Crippen molar-refractivity contribution in [1.29, 1.82) is 0 Å². The van der Waals surface area contributed by atoms with E-state index in [2.05, 4.69) is 4.72 Å². The smallest absolute Gasteiger partial charge is 0.232 e. The van der Waals surface area contributed by atoms with E-state index in [-0.39, 0.29) is 12.4 Å². The molecular weight excluding hydrogens is 238 g/mol. The van der Waals surface area contributed by atoms with Crippen LogP contribution < -0.4 is 4.72 Å². The third-order valence-corrected chi connectivity index (χ3v) is 4.25. The van der Waals surface area contributed by atoms with Crippen LogP contribution in [-0.4, -0.2) is 19.3 Å². The Bertz CT molecular complexity index is 480. The maximum Gasteiger partial charge on any atom is 0.232 e. The highest BCUT2D eigenvalue weighted by Crippen LogP contribution is 2.32. The number of aliphatic hydroxyl groups excluding tert-OH is 1. The lowest BCUT2D eigenvalue weighted by atomic mass is 10.2. The first kappa shape index (κ1) is 12.4. The zero-order chi connectivity index (χ0) is 12.3. The molecule has 5 heteroatoms. The molecule has 0 aromatic heterocycles. The van der Waals surface area contributed by atoms with Gasteiger partial charge in [0, 0.05) is 5.56 Å². The van der Waals surface area contributed by atoms with Crippen LogP contribution in [0.5, 0.6) is 0 Å². The van der Waals surface area contributed by atoms with Crippen molar-refractivity contribution >= 4 is 15.7 Å². The number of para-hydroxylation sites is 1. The highest BCUT2D eigenvalue weighted by molar-refractivity contribution is 7.92. The van der Waals surface area contributed by atoms with Crippen molar-refractivity contribution in [2.24, 2.45) is 5.92 Å². The van der Waals surface area contributed by atoms with Crippen molar-refractivity contribution in [3.63, 3.8) is 0 Å². The maximum absolute atomic E-state index is 11.8. The Morgan fingerprint density at radius 1 is 1.29 bits per heavy atom. The number of aliphatic hydroxyl groups is 1. The summed E-state index contributed by atoms with van der Waals surface area (Å²) in [5.41, 5.74) is 1.08. The zero-order valence-electron chi connectivity index (χ0n) is 9.59. The lowest BCUT2D eigenvalue weighted by Crippen LogP contribution is -2.18. The molecule has 17 heavy (non-hydrogen) atoms. The quantitative estimate of drug-likeness (QED) is 0.813. The molecule has 1 aromatic carbocycles. The fourth-order valence-electron chi connectivity index (χ4n) is 1.70. The Labute approximate surface area is 102 Å². The summed E-state index contributed by atoms with van der Waals surface area (Å²) in [6.07, 6.45) is 3.04. The van der Waals surface area contributed by atoms with Crippen molar-refractivity contribution in [2.45, 2.75) is 25.9 Å². The van der Waals surface area contributed by atoms with Gasteiger partial charge in [0.1, 0.15) is 0 Å². The van der Waals surface area contributed by atoms with Gasteiger partial charge in [0.2, 0.25) is 10.0 Å². The Balaban J connectivity index is 2.02. The number of nitrogens with one attached hydrogen (secondary N) is 1. The molecule has 2 rings (SSSR count). The van der Waals surface area contributed by atoms with Crippen molar-refractivity contribution in [3.05, 3.63) is 29.8 Å². The van der Waals surface area contributed by atoms with Gasteiger partial charge in [-0.15, -0.1) is 0 Å². The molecule has 0 radical (unpaired) electrons. The number of hydrogen-bond donors (Lipinski definition) is 2. The van der Waals surface area contributed by atoms with E-state index in [9.17, 15) is 8.42 Å². The molecule has 0 saturated heterocycles. The molecule has 1 saturated carbocycles. The summed E-state index contributed by atoms with van der Waals surface area (Å²) in [6, 6.07) is 6.89. The molecule has 0 unspecified atom stereocenters. The van der Waals surface area contributed by atoms with Gasteiger partial charge in [0.25, 0.3) is 0 Å². The molecule has 0 spiro atoms. The van der Waals surface area contributed by atoms with E-state index in [0.29, 0.717) is 17.2 Å². The van der Waals surface area contributed by atoms with Gasteiger partial charge in [-0.05, 0) is 18.4 Å². The summed E-state index contributed by atoms with van der Waals surface area (Å²) in [7, 11) is -3.28. The van der Waals surface area contributed by atoms with Crippen LogP contribution in [0, 0.1) is 5.92 Å². The molecule has 1 aliphatic carbocycles. The predicted molar refractivity (Wildman–Crippen MR) is 67.1 cm³/mol. The summed E-state index contributed by atoms with van der Waals surface area (Å²) < 4.78 is 26.1. The van der Waals surface area contributed by atoms with Crippen LogP contribution in [0.15, 0.2) is 24.3 Å². The minimum Gasteiger partial charge on any atom is -0.392 e. The molecule has 2 N–H and O–H groups in total. The van der Waals surface area contributed by atoms with Gasteiger partial charge in [-0.1, -0.05) is 31.0 Å². The van der Waals surface area contributed by atoms with Gasteiger partial charge >= 0.3 is 0 Å². The van der Waals surface area contributed by atoms with Crippen LogP contribution >= 0.6 is 0 Å². The summed E-state index contributed by atoms with van der Waals surface area (Å²) in [4.78, 5) is 0. The monoisotopic (exact) mass is 255 g/mol. The molecule has 0 amide bonds. The maximum atomic E-state index is 11.8. The van der Waals surface area contributed by atoms with Gasteiger partial charge in [-0.3, -0.25) is 4.72 Å². The van der Waals surface area contributed by atoms with Gasteiger partial charge in [-0.25, -0.2) is 8.42 Å². The molecule has 0 heterocycles. The second kappa shape index (κ2) is 5.06. The minimum absolute atomic E-state index is 0.164. The number of hydrogen-bond acceptors (Lipinski definition) is 3. The van der Waals surface area contributed by atoms with Crippen molar-refractivity contribution < 1.29 is 13.5 Å². The van der Waals surface area contributed by atoms with Crippen LogP contribution in [-0.2, 0) is 16.6 Å². The van der Waals surface area contributed by atoms with Crippen LogP contribution in [0.3, 0.4) is 0 Å². The lowest BCUT2D eigenvalue weighted by molar-refractivity contribution is 0.282. The Morgan fingerprint density at radius 3 is 2.65 bits per heavy atom. The number of sulfonamides is 1. The summed E-state index contributed by atoms with van der Waals surface area (Å²) in [5.74, 6) is 0.761. The van der Waals surface area contributed by atoms with Gasteiger partial charge in [0.05, 0.1) is 18.0 Å². The third kappa shape index (κ3) is 3.71. The van der Waals surface area contributed by atoms with E-state index in [1.165, 1.54) is 0 Å². The van der Waals surface area contributed by atoms with E-state index < -0.39 is 10.0 Å². The van der Waals surface area contributed by atoms with Gasteiger partial charge in [-0.2, -0.15) is 0 Å². The summed E-state index contributed by atoms with van der Waals surface area (Å²) in [5, 5.41) is 9.11. The van der Waals surface area contributed by atoms with E-state index >= 15 is 0 Å². The molecule has 0 atom stereocenters. The third-order valence-electron chi connectivity index (χ3n) is 2.94. The van der Waals surface area contributed by atoms with E-state index in [4.69, 9.17) is 5.11 Å². The highest BCUT2D eigenvalue weighted by Gasteiger charge is 2.24. The summed E-state index contributed by atoms with van der Waals surface area (Å²) in [6.45, 7) is -0.165. The Kier molecular flexibility index (Phi) is 3.69. The van der Waals surface area contributed by atoms with Crippen molar-refractivity contribution in [1.82, 2.24) is 0 Å². The van der Waals surface area contributed by atoms with Crippen molar-refractivity contribution in [3.8, 4) is 0 Å². The van der Waals surface area contributed by atoms with Crippen LogP contribution in [0.1, 0.15) is 24.8 Å². The second-order valence-electron chi connectivity index (χ2n) is 4.47. The SMILES string of the molecule is O=S(=O)(CCC1CC1)Nc1ccccc1CO. The van der Waals surface area contributed by atoms with Crippen LogP contribution in [0.25, 0.3) is 0 Å². The first-order valence-corrected chi connectivity index (χ1v) is 7.45. The molecule has 0 aliphatic heterocycles. The Morgan fingerprint density at radius 2 is 2.00 bits per heavy atom. The van der Waals surface area contributed by atoms with Crippen LogP contribution in [0.2, 0.25) is 0 Å².